The summed E-state index contributed by atoms with van der Waals surface area (Å²) in [6.07, 6.45) is 3.57. The van der Waals surface area contributed by atoms with E-state index in [1.807, 2.05) is 0 Å². The fourth-order valence-corrected chi connectivity index (χ4v) is 1.81. The molecule has 16 heavy (non-hydrogen) atoms. The fourth-order valence-electron chi connectivity index (χ4n) is 1.66. The first-order valence-electron chi connectivity index (χ1n) is 6.13. The largest absolute Gasteiger partial charge is 0.316 e. The van der Waals surface area contributed by atoms with E-state index >= 15 is 0 Å². The highest BCUT2D eigenvalue weighted by Gasteiger charge is 1.98. The Morgan fingerprint density at radius 2 is 1.94 bits per heavy atom. The summed E-state index contributed by atoms with van der Waals surface area (Å²) >= 11 is 5.75. The summed E-state index contributed by atoms with van der Waals surface area (Å²) in [7, 11) is 0. The molecule has 0 bridgehead atoms. The van der Waals surface area contributed by atoms with Gasteiger partial charge in [0.25, 0.3) is 0 Å². The van der Waals surface area contributed by atoms with Crippen LogP contribution in [0.3, 0.4) is 0 Å². The second-order valence-electron chi connectivity index (χ2n) is 4.39. The van der Waals surface area contributed by atoms with Gasteiger partial charge in [-0.2, -0.15) is 0 Å². The summed E-state index contributed by atoms with van der Waals surface area (Å²) in [4.78, 5) is 0. The quantitative estimate of drug-likeness (QED) is 0.541. The molecule has 0 aliphatic heterocycles. The van der Waals surface area contributed by atoms with Gasteiger partial charge in [-0.15, -0.1) is 11.6 Å². The van der Waals surface area contributed by atoms with Crippen molar-refractivity contribution in [3.8, 4) is 0 Å². The van der Waals surface area contributed by atoms with Crippen LogP contribution >= 0.6 is 11.6 Å². The van der Waals surface area contributed by atoms with Crippen molar-refractivity contribution in [2.75, 3.05) is 19.0 Å². The van der Waals surface area contributed by atoms with Gasteiger partial charge in [0.2, 0.25) is 0 Å². The van der Waals surface area contributed by atoms with Gasteiger partial charge < -0.3 is 5.32 Å². The Bertz CT molecular complexity index is 261. The minimum absolute atomic E-state index is 0.651. The summed E-state index contributed by atoms with van der Waals surface area (Å²) in [5, 5.41) is 3.47. The van der Waals surface area contributed by atoms with Crippen molar-refractivity contribution in [2.45, 2.75) is 26.2 Å². The van der Waals surface area contributed by atoms with E-state index in [0.717, 1.165) is 25.4 Å². The minimum Gasteiger partial charge on any atom is -0.316 e. The average Bonchev–Trinajstić information content (AvgIpc) is 2.34. The third-order valence-electron chi connectivity index (χ3n) is 2.75. The Hall–Kier alpha value is -0.530. The summed E-state index contributed by atoms with van der Waals surface area (Å²) in [6.45, 7) is 4.38. The van der Waals surface area contributed by atoms with E-state index in [1.165, 1.54) is 18.4 Å². The molecule has 0 radical (unpaired) electrons. The van der Waals surface area contributed by atoms with Crippen LogP contribution in [0.25, 0.3) is 0 Å². The van der Waals surface area contributed by atoms with Crippen molar-refractivity contribution >= 4 is 11.6 Å². The molecule has 1 rings (SSSR count). The molecule has 2 heteroatoms. The zero-order valence-electron chi connectivity index (χ0n) is 10.1. The maximum Gasteiger partial charge on any atom is 0.0249 e. The predicted octanol–water partition coefficient (Wildman–Crippen LogP) is 3.47. The highest BCUT2D eigenvalue weighted by molar-refractivity contribution is 6.18. The van der Waals surface area contributed by atoms with Gasteiger partial charge in [0.1, 0.15) is 0 Å². The molecule has 1 unspecified atom stereocenters. The Morgan fingerprint density at radius 1 is 1.19 bits per heavy atom. The number of rotatable bonds is 8. The number of alkyl halides is 1. The number of hydrogen-bond donors (Lipinski definition) is 1. The van der Waals surface area contributed by atoms with Gasteiger partial charge in [0, 0.05) is 5.88 Å². The van der Waals surface area contributed by atoms with Gasteiger partial charge >= 0.3 is 0 Å². The van der Waals surface area contributed by atoms with E-state index < -0.39 is 0 Å². The monoisotopic (exact) mass is 239 g/mol. The summed E-state index contributed by atoms with van der Waals surface area (Å²) in [5.74, 6) is 1.43. The van der Waals surface area contributed by atoms with Crippen LogP contribution in [0.4, 0.5) is 0 Å². The zero-order valence-corrected chi connectivity index (χ0v) is 10.8. The molecule has 1 N–H and O–H groups in total. The lowest BCUT2D eigenvalue weighted by atomic mass is 10.1. The molecule has 0 aromatic heterocycles. The van der Waals surface area contributed by atoms with Gasteiger partial charge in [0.05, 0.1) is 0 Å². The van der Waals surface area contributed by atoms with Crippen molar-refractivity contribution in [3.05, 3.63) is 35.9 Å². The molecule has 1 aromatic carbocycles. The van der Waals surface area contributed by atoms with Crippen LogP contribution in [0.15, 0.2) is 30.3 Å². The Labute approximate surface area is 104 Å². The fraction of sp³-hybridized carbons (Fsp3) is 0.571. The molecule has 0 heterocycles. The first kappa shape index (κ1) is 13.5. The van der Waals surface area contributed by atoms with E-state index in [0.29, 0.717) is 5.92 Å². The van der Waals surface area contributed by atoms with Gasteiger partial charge in [-0.1, -0.05) is 37.3 Å². The summed E-state index contributed by atoms with van der Waals surface area (Å²) in [5.41, 5.74) is 1.41. The van der Waals surface area contributed by atoms with E-state index in [-0.39, 0.29) is 0 Å². The van der Waals surface area contributed by atoms with Gasteiger partial charge in [0.15, 0.2) is 0 Å². The molecular weight excluding hydrogens is 218 g/mol. The Balaban J connectivity index is 1.96. The molecule has 0 saturated heterocycles. The Morgan fingerprint density at radius 3 is 2.62 bits per heavy atom. The third kappa shape index (κ3) is 6.14. The second-order valence-corrected chi connectivity index (χ2v) is 4.70. The van der Waals surface area contributed by atoms with Gasteiger partial charge in [-0.3, -0.25) is 0 Å². The number of benzene rings is 1. The molecule has 90 valence electrons. The Kier molecular flexibility index (Phi) is 7.28. The van der Waals surface area contributed by atoms with Crippen LogP contribution in [-0.2, 0) is 6.42 Å². The maximum absolute atomic E-state index is 5.75. The van der Waals surface area contributed by atoms with Gasteiger partial charge in [-0.05, 0) is 43.8 Å². The van der Waals surface area contributed by atoms with E-state index in [4.69, 9.17) is 11.6 Å². The highest BCUT2D eigenvalue weighted by Crippen LogP contribution is 2.06. The molecule has 0 amide bonds. The minimum atomic E-state index is 0.651. The van der Waals surface area contributed by atoms with Crippen molar-refractivity contribution in [1.82, 2.24) is 5.32 Å². The SMILES string of the molecule is CC(CCl)CCCNCCc1ccccc1. The first-order valence-corrected chi connectivity index (χ1v) is 6.67. The average molecular weight is 240 g/mol. The van der Waals surface area contributed by atoms with E-state index in [2.05, 4.69) is 42.6 Å². The maximum atomic E-state index is 5.75. The molecule has 1 nitrogen and oxygen atoms in total. The van der Waals surface area contributed by atoms with Crippen molar-refractivity contribution in [1.29, 1.82) is 0 Å². The topological polar surface area (TPSA) is 12.0 Å². The summed E-state index contributed by atoms with van der Waals surface area (Å²) < 4.78 is 0. The van der Waals surface area contributed by atoms with Crippen LogP contribution in [-0.4, -0.2) is 19.0 Å². The molecule has 0 aliphatic carbocycles. The van der Waals surface area contributed by atoms with Crippen molar-refractivity contribution in [3.63, 3.8) is 0 Å². The van der Waals surface area contributed by atoms with E-state index in [1.54, 1.807) is 0 Å². The molecule has 1 atom stereocenters. The number of halogens is 1. The van der Waals surface area contributed by atoms with Crippen molar-refractivity contribution in [2.24, 2.45) is 5.92 Å². The summed E-state index contributed by atoms with van der Waals surface area (Å²) in [6, 6.07) is 10.6. The van der Waals surface area contributed by atoms with E-state index in [9.17, 15) is 0 Å². The third-order valence-corrected chi connectivity index (χ3v) is 3.27. The van der Waals surface area contributed by atoms with Crippen molar-refractivity contribution < 1.29 is 0 Å². The molecule has 1 aromatic rings. The first-order chi connectivity index (χ1) is 7.83. The zero-order chi connectivity index (χ0) is 11.6. The molecule has 0 aliphatic rings. The molecule has 0 fully saturated rings. The van der Waals surface area contributed by atoms with Crippen LogP contribution in [0.5, 0.6) is 0 Å². The lowest BCUT2D eigenvalue weighted by Crippen LogP contribution is -2.19. The van der Waals surface area contributed by atoms with Crippen LogP contribution in [0.1, 0.15) is 25.3 Å². The molecule has 0 spiro atoms. The number of nitrogens with one attached hydrogen (secondary N) is 1. The van der Waals surface area contributed by atoms with Crippen LogP contribution in [0, 0.1) is 5.92 Å². The predicted molar refractivity (Wildman–Crippen MR) is 72.1 cm³/mol. The van der Waals surface area contributed by atoms with Crippen LogP contribution in [0.2, 0.25) is 0 Å². The highest BCUT2D eigenvalue weighted by atomic mass is 35.5. The normalized spacial score (nSPS) is 12.6. The smallest absolute Gasteiger partial charge is 0.0249 e. The number of hydrogen-bond acceptors (Lipinski definition) is 1. The second kappa shape index (κ2) is 8.60. The lowest BCUT2D eigenvalue weighted by Gasteiger charge is -2.08. The molecule has 0 saturated carbocycles. The van der Waals surface area contributed by atoms with Crippen LogP contribution < -0.4 is 5.32 Å². The van der Waals surface area contributed by atoms with Gasteiger partial charge in [-0.25, -0.2) is 0 Å². The standard InChI is InChI=1S/C14H22ClN/c1-13(12-15)6-5-10-16-11-9-14-7-3-2-4-8-14/h2-4,7-8,13,16H,5-6,9-12H2,1H3. The molecular formula is C14H22ClN. The lowest BCUT2D eigenvalue weighted by molar-refractivity contribution is 0.532.